The van der Waals surface area contributed by atoms with Crippen LogP contribution < -0.4 is 19.7 Å². The van der Waals surface area contributed by atoms with Crippen LogP contribution >= 0.6 is 22.9 Å². The zero-order valence-electron chi connectivity index (χ0n) is 33.6. The van der Waals surface area contributed by atoms with Gasteiger partial charge in [0.1, 0.15) is 59.3 Å². The number of benzene rings is 2. The summed E-state index contributed by atoms with van der Waals surface area (Å²) in [5, 5.41) is 13.1. The predicted octanol–water partition coefficient (Wildman–Crippen LogP) is 8.52. The van der Waals surface area contributed by atoms with Crippen LogP contribution in [0.15, 0.2) is 12.1 Å². The Morgan fingerprint density at radius 3 is 2.73 bits per heavy atom. The van der Waals surface area contributed by atoms with E-state index in [1.165, 1.54) is 6.07 Å². The van der Waals surface area contributed by atoms with Crippen molar-refractivity contribution < 1.29 is 46.4 Å². The number of carbonyl (C=O) groups excluding carboxylic acids is 1. The fraction of sp³-hybridized carbons (Fsp3) is 0.571. The first-order valence-electron chi connectivity index (χ1n) is 20.5. The van der Waals surface area contributed by atoms with Crippen molar-refractivity contribution in [1.82, 2.24) is 14.9 Å². The number of nitrogens with zero attached hydrogens (tertiary/aromatic N) is 5. The Bertz CT molecular complexity index is 2360. The third-order valence-electron chi connectivity index (χ3n) is 11.9. The van der Waals surface area contributed by atoms with Crippen molar-refractivity contribution in [3.05, 3.63) is 34.4 Å². The van der Waals surface area contributed by atoms with Gasteiger partial charge in [-0.3, -0.25) is 10.2 Å². The fourth-order valence-corrected chi connectivity index (χ4v) is 10.6. The predicted molar refractivity (Wildman–Crippen MR) is 219 cm³/mol. The number of nitriles is 1. The highest BCUT2D eigenvalue weighted by Gasteiger charge is 2.49. The molecule has 4 fully saturated rings. The molecule has 320 valence electrons. The highest BCUT2D eigenvalue weighted by molar-refractivity contribution is 7.23. The van der Waals surface area contributed by atoms with Crippen molar-refractivity contribution in [3.8, 4) is 29.0 Å². The minimum atomic E-state index is -0.993. The number of halogens is 4. The van der Waals surface area contributed by atoms with Gasteiger partial charge in [-0.2, -0.15) is 15.2 Å². The second-order valence-electron chi connectivity index (χ2n) is 17.1. The van der Waals surface area contributed by atoms with Gasteiger partial charge < -0.3 is 33.3 Å². The van der Waals surface area contributed by atoms with Crippen LogP contribution in [-0.2, 0) is 18.9 Å². The summed E-state index contributed by atoms with van der Waals surface area (Å²) in [5.41, 5.74) is -1.84. The molecule has 0 saturated carbocycles. The van der Waals surface area contributed by atoms with E-state index < -0.39 is 47.4 Å². The molecular formula is C42H46ClF3N6O7S. The van der Waals surface area contributed by atoms with Gasteiger partial charge in [0.05, 0.1) is 38.9 Å². The quantitative estimate of drug-likeness (QED) is 0.182. The van der Waals surface area contributed by atoms with Crippen molar-refractivity contribution in [2.75, 3.05) is 62.9 Å². The first kappa shape index (κ1) is 41.2. The van der Waals surface area contributed by atoms with Gasteiger partial charge in [0.15, 0.2) is 17.9 Å². The van der Waals surface area contributed by atoms with E-state index >= 15 is 8.78 Å². The smallest absolute Gasteiger partial charge is 0.412 e. The SMILES string of the molecule is CC(C)(C)OC(=O)Nc1sc2c(F)ccc(-c3c(Cl)c4c5c(nc(OC[C@@]67CCCN6C[C@H](F)C7)nc5c3F)N(C3CCOC3)CC(OC3CCCCO3)CO4)c2c1C#N. The minimum absolute atomic E-state index is 0.00501. The third kappa shape index (κ3) is 7.68. The van der Waals surface area contributed by atoms with Crippen LogP contribution in [0, 0.1) is 23.0 Å². The molecule has 7 heterocycles. The zero-order chi connectivity index (χ0) is 41.9. The summed E-state index contributed by atoms with van der Waals surface area (Å²) in [6, 6.07) is 4.25. The molecule has 60 heavy (non-hydrogen) atoms. The van der Waals surface area contributed by atoms with E-state index in [4.69, 9.17) is 45.0 Å². The molecule has 4 aromatic rings. The van der Waals surface area contributed by atoms with E-state index in [9.17, 15) is 14.4 Å². The molecule has 0 bridgehead atoms. The molecule has 5 aliphatic heterocycles. The Kier molecular flexibility index (Phi) is 11.2. The Balaban J connectivity index is 1.22. The lowest BCUT2D eigenvalue weighted by atomic mass is 9.95. The van der Waals surface area contributed by atoms with Gasteiger partial charge in [-0.15, -0.1) is 11.3 Å². The molecule has 1 N–H and O–H groups in total. The Morgan fingerprint density at radius 2 is 1.98 bits per heavy atom. The van der Waals surface area contributed by atoms with Crippen molar-refractivity contribution in [3.63, 3.8) is 0 Å². The summed E-state index contributed by atoms with van der Waals surface area (Å²) >= 11 is 8.12. The highest BCUT2D eigenvalue weighted by atomic mass is 35.5. The topological polar surface area (TPSA) is 141 Å². The summed E-state index contributed by atoms with van der Waals surface area (Å²) in [7, 11) is 0. The van der Waals surface area contributed by atoms with Crippen LogP contribution in [0.1, 0.15) is 71.3 Å². The van der Waals surface area contributed by atoms with Crippen LogP contribution in [-0.4, -0.2) is 109 Å². The number of amides is 1. The van der Waals surface area contributed by atoms with Crippen LogP contribution in [0.5, 0.6) is 11.8 Å². The third-order valence-corrected chi connectivity index (χ3v) is 13.3. The van der Waals surface area contributed by atoms with E-state index in [1.54, 1.807) is 20.8 Å². The molecule has 9 rings (SSSR count). The maximum Gasteiger partial charge on any atom is 0.412 e. The normalized spacial score (nSPS) is 25.8. The summed E-state index contributed by atoms with van der Waals surface area (Å²) in [5.74, 6) is -1.24. The van der Waals surface area contributed by atoms with Crippen molar-refractivity contribution >= 4 is 60.8 Å². The van der Waals surface area contributed by atoms with E-state index in [0.29, 0.717) is 51.4 Å². The molecule has 2 aromatic heterocycles. The molecule has 0 aliphatic carbocycles. The number of carbonyl (C=O) groups is 1. The number of fused-ring (bicyclic) bond motifs is 2. The molecule has 4 saturated heterocycles. The number of nitrogens with one attached hydrogen (secondary N) is 1. The van der Waals surface area contributed by atoms with Gasteiger partial charge in [0.25, 0.3) is 0 Å². The first-order valence-corrected chi connectivity index (χ1v) is 21.7. The maximum atomic E-state index is 17.8. The van der Waals surface area contributed by atoms with E-state index in [0.717, 1.165) is 49.6 Å². The molecule has 0 radical (unpaired) electrons. The van der Waals surface area contributed by atoms with Crippen LogP contribution in [0.4, 0.5) is 28.8 Å². The minimum Gasteiger partial charge on any atom is -0.488 e. The Labute approximate surface area is 353 Å². The van der Waals surface area contributed by atoms with Gasteiger partial charge >= 0.3 is 12.1 Å². The second-order valence-corrected chi connectivity index (χ2v) is 18.5. The Morgan fingerprint density at radius 1 is 1.13 bits per heavy atom. The first-order chi connectivity index (χ1) is 28.8. The average molecular weight is 871 g/mol. The fourth-order valence-electron chi connectivity index (χ4n) is 9.24. The van der Waals surface area contributed by atoms with Crippen LogP contribution in [0.25, 0.3) is 32.1 Å². The molecule has 13 nitrogen and oxygen atoms in total. The lowest BCUT2D eigenvalue weighted by Gasteiger charge is -2.37. The number of hydrogen-bond acceptors (Lipinski definition) is 13. The monoisotopic (exact) mass is 870 g/mol. The number of aromatic nitrogens is 2. The second kappa shape index (κ2) is 16.3. The molecule has 0 spiro atoms. The average Bonchev–Trinajstić information content (AvgIpc) is 4.00. The van der Waals surface area contributed by atoms with Gasteiger partial charge in [0, 0.05) is 43.7 Å². The summed E-state index contributed by atoms with van der Waals surface area (Å²) in [4.78, 5) is 26.6. The number of rotatable bonds is 8. The zero-order valence-corrected chi connectivity index (χ0v) is 35.2. The van der Waals surface area contributed by atoms with E-state index in [1.807, 2.05) is 4.90 Å². The molecule has 18 heteroatoms. The van der Waals surface area contributed by atoms with Gasteiger partial charge in [-0.05, 0) is 77.5 Å². The summed E-state index contributed by atoms with van der Waals surface area (Å²) in [6.45, 7) is 7.94. The number of anilines is 2. The van der Waals surface area contributed by atoms with Crippen LogP contribution in [0.3, 0.4) is 0 Å². The highest BCUT2D eigenvalue weighted by Crippen LogP contribution is 2.51. The maximum absolute atomic E-state index is 17.8. The number of ether oxygens (including phenoxy) is 6. The lowest BCUT2D eigenvalue weighted by Crippen LogP contribution is -2.47. The molecular weight excluding hydrogens is 825 g/mol. The largest absolute Gasteiger partial charge is 0.488 e. The molecule has 2 aromatic carbocycles. The van der Waals surface area contributed by atoms with Crippen molar-refractivity contribution in [1.29, 1.82) is 5.26 Å². The molecule has 1 amide bonds. The number of thiophene rings is 1. The molecule has 3 unspecified atom stereocenters. The standard InChI is InChI=1S/C42H46ClF3N6O7S/c1-41(2,3)59-40(53)50-38-26(16-47)29-25(8-9-27(45)36(29)60-38)30-32(43)35-31-34(33(30)46)48-39(57-21-42-11-6-12-51(42)17-22(44)15-42)49-37(31)52(23-10-14-54-19-23)18-24(20-56-35)58-28-7-4-5-13-55-28/h8-9,22-24,28H,4-7,10-15,17-21H2,1-3H3,(H,50,53)/t22-,23?,24?,28?,42+/m1/s1. The van der Waals surface area contributed by atoms with E-state index in [-0.39, 0.29) is 85.3 Å². The van der Waals surface area contributed by atoms with Gasteiger partial charge in [-0.1, -0.05) is 17.7 Å². The summed E-state index contributed by atoms with van der Waals surface area (Å²) < 4.78 is 85.0. The van der Waals surface area contributed by atoms with Crippen molar-refractivity contribution in [2.45, 2.75) is 101 Å². The number of alkyl halides is 1. The van der Waals surface area contributed by atoms with Gasteiger partial charge in [0.2, 0.25) is 0 Å². The molecule has 5 atom stereocenters. The van der Waals surface area contributed by atoms with Crippen molar-refractivity contribution in [2.24, 2.45) is 0 Å². The van der Waals surface area contributed by atoms with Crippen LogP contribution in [0.2, 0.25) is 5.02 Å². The van der Waals surface area contributed by atoms with Gasteiger partial charge in [-0.25, -0.2) is 18.0 Å². The lowest BCUT2D eigenvalue weighted by molar-refractivity contribution is -0.191. The molecule has 5 aliphatic rings. The van der Waals surface area contributed by atoms with E-state index in [2.05, 4.69) is 21.3 Å². The Hall–Kier alpha value is -4.18. The number of hydrogen-bond donors (Lipinski definition) is 1. The summed E-state index contributed by atoms with van der Waals surface area (Å²) in [6.07, 6.45) is 2.30.